The molecule has 0 heterocycles. The molecule has 0 saturated heterocycles. The minimum Gasteiger partial charge on any atom is -0.315 e. The summed E-state index contributed by atoms with van der Waals surface area (Å²) in [6, 6.07) is 1.40. The van der Waals surface area contributed by atoms with Crippen LogP contribution in [0.3, 0.4) is 0 Å². The molecule has 0 unspecified atom stereocenters. The Morgan fingerprint density at radius 1 is 1.33 bits per heavy atom. The molecule has 0 aromatic carbocycles. The molecule has 1 aliphatic rings. The molecule has 0 aromatic heterocycles. The largest absolute Gasteiger partial charge is 0.315 e. The van der Waals surface area contributed by atoms with Gasteiger partial charge < -0.3 is 10.6 Å². The summed E-state index contributed by atoms with van der Waals surface area (Å²) in [5, 5.41) is 6.91. The second-order valence-corrected chi connectivity index (χ2v) is 4.89. The molecule has 1 aliphatic carbocycles. The van der Waals surface area contributed by atoms with Crippen molar-refractivity contribution in [2.45, 2.75) is 45.7 Å². The molecule has 1 saturated carbocycles. The van der Waals surface area contributed by atoms with E-state index >= 15 is 0 Å². The molecule has 2 N–H and O–H groups in total. The summed E-state index contributed by atoms with van der Waals surface area (Å²) in [6.45, 7) is 7.94. The topological polar surface area (TPSA) is 24.1 Å². The Morgan fingerprint density at radius 2 is 1.92 bits per heavy atom. The van der Waals surface area contributed by atoms with E-state index in [9.17, 15) is 0 Å². The van der Waals surface area contributed by atoms with Crippen LogP contribution >= 0.6 is 0 Å². The van der Waals surface area contributed by atoms with Crippen molar-refractivity contribution in [3.63, 3.8) is 0 Å². The Kier molecular flexibility index (Phi) is 3.13. The van der Waals surface area contributed by atoms with Gasteiger partial charge in [0.2, 0.25) is 0 Å². The Labute approximate surface area is 76.1 Å². The van der Waals surface area contributed by atoms with Crippen molar-refractivity contribution in [3.8, 4) is 0 Å². The zero-order valence-corrected chi connectivity index (χ0v) is 8.78. The Hall–Kier alpha value is -0.0800. The minimum absolute atomic E-state index is 0.358. The molecule has 0 spiro atoms. The lowest BCUT2D eigenvalue weighted by Crippen LogP contribution is -2.46. The fraction of sp³-hybridized carbons (Fsp3) is 1.00. The van der Waals surface area contributed by atoms with Crippen LogP contribution in [0.1, 0.15) is 33.6 Å². The highest BCUT2D eigenvalue weighted by atomic mass is 15.0. The number of hydrogen-bond acceptors (Lipinski definition) is 2. The van der Waals surface area contributed by atoms with E-state index in [1.54, 1.807) is 0 Å². The second kappa shape index (κ2) is 3.75. The van der Waals surface area contributed by atoms with Crippen LogP contribution in [0.5, 0.6) is 0 Å². The van der Waals surface area contributed by atoms with Crippen molar-refractivity contribution in [1.82, 2.24) is 10.6 Å². The summed E-state index contributed by atoms with van der Waals surface area (Å²) in [6.07, 6.45) is 2.75. The van der Waals surface area contributed by atoms with Crippen LogP contribution in [-0.4, -0.2) is 25.7 Å². The zero-order chi connectivity index (χ0) is 9.19. The molecule has 1 rings (SSSR count). The minimum atomic E-state index is 0.358. The van der Waals surface area contributed by atoms with Crippen LogP contribution in [-0.2, 0) is 0 Å². The second-order valence-electron chi connectivity index (χ2n) is 4.89. The average molecular weight is 170 g/mol. The molecule has 0 amide bonds. The van der Waals surface area contributed by atoms with Crippen LogP contribution < -0.4 is 10.6 Å². The van der Waals surface area contributed by atoms with E-state index in [1.807, 2.05) is 7.05 Å². The number of likely N-dealkylation sites (N-methyl/N-ethyl adjacent to an activating group) is 1. The first-order valence-electron chi connectivity index (χ1n) is 4.94. The molecule has 1 fully saturated rings. The van der Waals surface area contributed by atoms with Crippen LogP contribution in [0.4, 0.5) is 0 Å². The molecule has 0 radical (unpaired) electrons. The van der Waals surface area contributed by atoms with E-state index in [4.69, 9.17) is 0 Å². The van der Waals surface area contributed by atoms with Gasteiger partial charge in [-0.2, -0.15) is 0 Å². The lowest BCUT2D eigenvalue weighted by molar-refractivity contribution is 0.272. The van der Waals surface area contributed by atoms with E-state index in [0.29, 0.717) is 11.5 Å². The van der Waals surface area contributed by atoms with Gasteiger partial charge in [-0.05, 0) is 25.3 Å². The maximum atomic E-state index is 3.55. The first kappa shape index (κ1) is 10.0. The van der Waals surface area contributed by atoms with Gasteiger partial charge in [0.1, 0.15) is 0 Å². The predicted octanol–water partition coefficient (Wildman–Crippen LogP) is 1.37. The quantitative estimate of drug-likeness (QED) is 0.666. The normalized spacial score (nSPS) is 21.0. The van der Waals surface area contributed by atoms with Crippen LogP contribution in [0, 0.1) is 5.41 Å². The van der Waals surface area contributed by atoms with Crippen molar-refractivity contribution < 1.29 is 0 Å². The fourth-order valence-electron chi connectivity index (χ4n) is 1.41. The third-order valence-corrected chi connectivity index (χ3v) is 2.58. The molecule has 0 aromatic rings. The van der Waals surface area contributed by atoms with E-state index in [2.05, 4.69) is 31.4 Å². The van der Waals surface area contributed by atoms with Gasteiger partial charge in [0.05, 0.1) is 0 Å². The summed E-state index contributed by atoms with van der Waals surface area (Å²) < 4.78 is 0. The van der Waals surface area contributed by atoms with Gasteiger partial charge in [-0.25, -0.2) is 0 Å². The summed E-state index contributed by atoms with van der Waals surface area (Å²) in [5.74, 6) is 0. The molecule has 2 nitrogen and oxygen atoms in total. The molecule has 2 heteroatoms. The standard InChI is InChI=1S/C10H22N2/c1-10(2,3)9(11-4)7-12-8-5-6-8/h8-9,11-12H,5-7H2,1-4H3/t9-/m1/s1. The van der Waals surface area contributed by atoms with Crippen molar-refractivity contribution in [1.29, 1.82) is 0 Å². The van der Waals surface area contributed by atoms with Crippen molar-refractivity contribution in [3.05, 3.63) is 0 Å². The van der Waals surface area contributed by atoms with Gasteiger partial charge in [0, 0.05) is 18.6 Å². The van der Waals surface area contributed by atoms with E-state index in [0.717, 1.165) is 12.6 Å². The maximum Gasteiger partial charge on any atom is 0.0238 e. The summed E-state index contributed by atoms with van der Waals surface area (Å²) in [7, 11) is 2.05. The number of nitrogens with one attached hydrogen (secondary N) is 2. The lowest BCUT2D eigenvalue weighted by Gasteiger charge is -2.30. The Bertz CT molecular complexity index is 133. The van der Waals surface area contributed by atoms with Crippen LogP contribution in [0.15, 0.2) is 0 Å². The van der Waals surface area contributed by atoms with Crippen molar-refractivity contribution >= 4 is 0 Å². The highest BCUT2D eigenvalue weighted by Gasteiger charge is 2.26. The molecule has 0 aliphatic heterocycles. The monoisotopic (exact) mass is 170 g/mol. The molecule has 0 bridgehead atoms. The Morgan fingerprint density at radius 3 is 2.25 bits per heavy atom. The van der Waals surface area contributed by atoms with Gasteiger partial charge in [-0.3, -0.25) is 0 Å². The zero-order valence-electron chi connectivity index (χ0n) is 8.78. The first-order valence-corrected chi connectivity index (χ1v) is 4.94. The lowest BCUT2D eigenvalue weighted by atomic mass is 9.87. The van der Waals surface area contributed by atoms with E-state index < -0.39 is 0 Å². The summed E-state index contributed by atoms with van der Waals surface area (Å²) in [5.41, 5.74) is 0.358. The van der Waals surface area contributed by atoms with Crippen molar-refractivity contribution in [2.24, 2.45) is 5.41 Å². The van der Waals surface area contributed by atoms with E-state index in [1.165, 1.54) is 12.8 Å². The Balaban J connectivity index is 2.23. The van der Waals surface area contributed by atoms with E-state index in [-0.39, 0.29) is 0 Å². The average Bonchev–Trinajstić information content (AvgIpc) is 2.69. The molecular weight excluding hydrogens is 148 g/mol. The fourth-order valence-corrected chi connectivity index (χ4v) is 1.41. The smallest absolute Gasteiger partial charge is 0.0238 e. The van der Waals surface area contributed by atoms with Gasteiger partial charge in [-0.15, -0.1) is 0 Å². The molecule has 72 valence electrons. The highest BCUT2D eigenvalue weighted by Crippen LogP contribution is 2.21. The third kappa shape index (κ3) is 3.11. The maximum absolute atomic E-state index is 3.55. The van der Waals surface area contributed by atoms with Gasteiger partial charge >= 0.3 is 0 Å². The highest BCUT2D eigenvalue weighted by molar-refractivity contribution is 4.87. The SMILES string of the molecule is CN[C@H](CNC1CC1)C(C)(C)C. The van der Waals surface area contributed by atoms with Crippen LogP contribution in [0.25, 0.3) is 0 Å². The van der Waals surface area contributed by atoms with Gasteiger partial charge in [0.25, 0.3) is 0 Å². The third-order valence-electron chi connectivity index (χ3n) is 2.58. The molecule has 1 atom stereocenters. The van der Waals surface area contributed by atoms with Gasteiger partial charge in [-0.1, -0.05) is 20.8 Å². The number of hydrogen-bond donors (Lipinski definition) is 2. The number of rotatable bonds is 4. The summed E-state index contributed by atoms with van der Waals surface area (Å²) >= 11 is 0. The predicted molar refractivity (Wildman–Crippen MR) is 53.3 cm³/mol. The molecular formula is C10H22N2. The summed E-state index contributed by atoms with van der Waals surface area (Å²) in [4.78, 5) is 0. The van der Waals surface area contributed by atoms with Crippen LogP contribution in [0.2, 0.25) is 0 Å². The molecule has 12 heavy (non-hydrogen) atoms. The van der Waals surface area contributed by atoms with Crippen molar-refractivity contribution in [2.75, 3.05) is 13.6 Å². The first-order chi connectivity index (χ1) is 5.54. The van der Waals surface area contributed by atoms with Gasteiger partial charge in [0.15, 0.2) is 0 Å².